The van der Waals surface area contributed by atoms with Crippen molar-refractivity contribution < 1.29 is 4.79 Å². The fourth-order valence-electron chi connectivity index (χ4n) is 1.63. The van der Waals surface area contributed by atoms with Gasteiger partial charge in [-0.2, -0.15) is 5.10 Å². The minimum absolute atomic E-state index is 0.258. The van der Waals surface area contributed by atoms with E-state index < -0.39 is 0 Å². The van der Waals surface area contributed by atoms with E-state index in [0.29, 0.717) is 21.7 Å². The summed E-state index contributed by atoms with van der Waals surface area (Å²) in [6.45, 7) is 0. The molecule has 7 nitrogen and oxygen atoms in total. The molecule has 2 aromatic heterocycles. The molecule has 0 saturated heterocycles. The number of nitrogens with one attached hydrogen (secondary N) is 2. The van der Waals surface area contributed by atoms with E-state index in [4.69, 9.17) is 5.73 Å². The first-order chi connectivity index (χ1) is 9.11. The van der Waals surface area contributed by atoms with Crippen LogP contribution < -0.4 is 16.4 Å². The quantitative estimate of drug-likeness (QED) is 0.782. The molecule has 0 unspecified atom stereocenters. The van der Waals surface area contributed by atoms with Crippen LogP contribution >= 0.6 is 11.3 Å². The van der Waals surface area contributed by atoms with Crippen molar-refractivity contribution in [3.8, 4) is 0 Å². The van der Waals surface area contributed by atoms with E-state index in [1.807, 2.05) is 0 Å². The van der Waals surface area contributed by atoms with E-state index in [-0.39, 0.29) is 11.7 Å². The molecule has 100 valence electrons. The van der Waals surface area contributed by atoms with Crippen LogP contribution in [0.1, 0.15) is 22.5 Å². The minimum atomic E-state index is -0.258. The third-order valence-corrected chi connectivity index (χ3v) is 3.73. The van der Waals surface area contributed by atoms with Gasteiger partial charge in [0, 0.05) is 19.3 Å². The second kappa shape index (κ2) is 4.54. The molecule has 1 saturated carbocycles. The van der Waals surface area contributed by atoms with Crippen molar-refractivity contribution in [3.63, 3.8) is 0 Å². The highest BCUT2D eigenvalue weighted by molar-refractivity contribution is 7.18. The van der Waals surface area contributed by atoms with Crippen molar-refractivity contribution >= 4 is 33.9 Å². The van der Waals surface area contributed by atoms with Crippen LogP contribution in [0.4, 0.5) is 16.6 Å². The maximum Gasteiger partial charge on any atom is 0.269 e. The van der Waals surface area contributed by atoms with Crippen molar-refractivity contribution in [1.82, 2.24) is 14.8 Å². The Balaban J connectivity index is 1.73. The van der Waals surface area contributed by atoms with E-state index >= 15 is 0 Å². The third-order valence-electron chi connectivity index (χ3n) is 2.73. The molecule has 19 heavy (non-hydrogen) atoms. The van der Waals surface area contributed by atoms with Crippen molar-refractivity contribution in [3.05, 3.63) is 17.3 Å². The monoisotopic (exact) mass is 278 g/mol. The SMILES string of the molecule is Cn1cc(NC(=O)c2sc(NC3CC3)nc2N)cn1. The molecular weight excluding hydrogens is 264 g/mol. The first-order valence-corrected chi connectivity index (χ1v) is 6.76. The van der Waals surface area contributed by atoms with Gasteiger partial charge in [-0.05, 0) is 12.8 Å². The standard InChI is InChI=1S/C11H14N6OS/c1-17-5-7(4-13-17)14-10(18)8-9(12)16-11(19-8)15-6-2-3-6/h4-6H,2-3,12H2,1H3,(H,14,18)(H,15,16). The molecule has 0 aromatic carbocycles. The number of nitrogens with two attached hydrogens (primary N) is 1. The van der Waals surface area contributed by atoms with Crippen molar-refractivity contribution in [1.29, 1.82) is 0 Å². The van der Waals surface area contributed by atoms with Crippen LogP contribution in [-0.4, -0.2) is 26.7 Å². The zero-order chi connectivity index (χ0) is 13.4. The summed E-state index contributed by atoms with van der Waals surface area (Å²) in [6.07, 6.45) is 5.60. The maximum absolute atomic E-state index is 12.1. The lowest BCUT2D eigenvalue weighted by Crippen LogP contribution is -2.11. The van der Waals surface area contributed by atoms with Crippen molar-refractivity contribution in [2.45, 2.75) is 18.9 Å². The largest absolute Gasteiger partial charge is 0.382 e. The van der Waals surface area contributed by atoms with Crippen LogP contribution in [0.2, 0.25) is 0 Å². The Hall–Kier alpha value is -2.09. The lowest BCUT2D eigenvalue weighted by atomic mass is 10.4. The first-order valence-electron chi connectivity index (χ1n) is 5.94. The number of hydrogen-bond acceptors (Lipinski definition) is 6. The summed E-state index contributed by atoms with van der Waals surface area (Å²) in [6, 6.07) is 0.486. The highest BCUT2D eigenvalue weighted by Gasteiger charge is 2.24. The zero-order valence-electron chi connectivity index (χ0n) is 10.4. The van der Waals surface area contributed by atoms with Gasteiger partial charge in [0.25, 0.3) is 5.91 Å². The molecule has 1 aliphatic carbocycles. The van der Waals surface area contributed by atoms with E-state index in [2.05, 4.69) is 20.7 Å². The van der Waals surface area contributed by atoms with Crippen molar-refractivity contribution in [2.24, 2.45) is 7.05 Å². The van der Waals surface area contributed by atoms with Gasteiger partial charge in [-0.25, -0.2) is 4.98 Å². The Morgan fingerprint density at radius 3 is 3.00 bits per heavy atom. The Morgan fingerprint density at radius 1 is 1.58 bits per heavy atom. The first kappa shape index (κ1) is 12.0. The molecule has 2 heterocycles. The number of nitrogen functional groups attached to an aromatic ring is 1. The van der Waals surface area contributed by atoms with Gasteiger partial charge >= 0.3 is 0 Å². The van der Waals surface area contributed by atoms with Gasteiger partial charge in [-0.3, -0.25) is 9.48 Å². The van der Waals surface area contributed by atoms with Crippen LogP contribution in [-0.2, 0) is 7.05 Å². The fraction of sp³-hybridized carbons (Fsp3) is 0.364. The second-order valence-electron chi connectivity index (χ2n) is 4.51. The third kappa shape index (κ3) is 2.68. The summed E-state index contributed by atoms with van der Waals surface area (Å²) >= 11 is 1.28. The number of anilines is 3. The Bertz CT molecular complexity index is 614. The van der Waals surface area contributed by atoms with Gasteiger partial charge in [0.05, 0.1) is 11.9 Å². The molecule has 0 radical (unpaired) electrons. The van der Waals surface area contributed by atoms with Crippen LogP contribution in [0.3, 0.4) is 0 Å². The molecule has 1 aliphatic rings. The molecule has 1 amide bonds. The van der Waals surface area contributed by atoms with Gasteiger partial charge < -0.3 is 16.4 Å². The summed E-state index contributed by atoms with van der Waals surface area (Å²) in [5.41, 5.74) is 6.41. The summed E-state index contributed by atoms with van der Waals surface area (Å²) in [5, 5.41) is 10.7. The Labute approximate surface area is 113 Å². The van der Waals surface area contributed by atoms with Crippen molar-refractivity contribution in [2.75, 3.05) is 16.4 Å². The predicted molar refractivity (Wildman–Crippen MR) is 74.3 cm³/mol. The lowest BCUT2D eigenvalue weighted by Gasteiger charge is -1.99. The van der Waals surface area contributed by atoms with Gasteiger partial charge in [0.1, 0.15) is 10.7 Å². The van der Waals surface area contributed by atoms with Crippen LogP contribution in [0, 0.1) is 0 Å². The van der Waals surface area contributed by atoms with Gasteiger partial charge in [-0.15, -0.1) is 0 Å². The van der Waals surface area contributed by atoms with Gasteiger partial charge in [0.2, 0.25) is 0 Å². The number of amides is 1. The topological polar surface area (TPSA) is 97.9 Å². The van der Waals surface area contributed by atoms with Gasteiger partial charge in [0.15, 0.2) is 5.13 Å². The molecule has 8 heteroatoms. The molecule has 0 bridgehead atoms. The Kier molecular flexibility index (Phi) is 2.86. The van der Waals surface area contributed by atoms with E-state index in [1.54, 1.807) is 24.1 Å². The molecule has 1 fully saturated rings. The average Bonchev–Trinajstić information content (AvgIpc) is 2.95. The second-order valence-corrected chi connectivity index (χ2v) is 5.51. The number of nitrogens with zero attached hydrogens (tertiary/aromatic N) is 3. The number of aryl methyl sites for hydroxylation is 1. The smallest absolute Gasteiger partial charge is 0.269 e. The number of aromatic nitrogens is 3. The number of hydrogen-bond donors (Lipinski definition) is 3. The van der Waals surface area contributed by atoms with E-state index in [0.717, 1.165) is 12.8 Å². The number of carbonyl (C=O) groups excluding carboxylic acids is 1. The molecule has 4 N–H and O–H groups in total. The lowest BCUT2D eigenvalue weighted by molar-refractivity contribution is 0.103. The maximum atomic E-state index is 12.1. The van der Waals surface area contributed by atoms with Crippen LogP contribution in [0.5, 0.6) is 0 Å². The summed E-state index contributed by atoms with van der Waals surface area (Å²) in [5.74, 6) is 0.00128. The molecule has 3 rings (SSSR count). The predicted octanol–water partition coefficient (Wildman–Crippen LogP) is 1.29. The summed E-state index contributed by atoms with van der Waals surface area (Å²) < 4.78 is 1.62. The molecule has 0 atom stereocenters. The summed E-state index contributed by atoms with van der Waals surface area (Å²) in [4.78, 5) is 16.7. The van der Waals surface area contributed by atoms with Gasteiger partial charge in [-0.1, -0.05) is 11.3 Å². The number of rotatable bonds is 4. The molecular formula is C11H14N6OS. The van der Waals surface area contributed by atoms with E-state index in [9.17, 15) is 4.79 Å². The Morgan fingerprint density at radius 2 is 2.37 bits per heavy atom. The average molecular weight is 278 g/mol. The number of carbonyl (C=O) groups is 1. The molecule has 0 spiro atoms. The highest BCUT2D eigenvalue weighted by Crippen LogP contribution is 2.30. The summed E-state index contributed by atoms with van der Waals surface area (Å²) in [7, 11) is 1.79. The fourth-order valence-corrected chi connectivity index (χ4v) is 2.49. The van der Waals surface area contributed by atoms with E-state index in [1.165, 1.54) is 11.3 Å². The minimum Gasteiger partial charge on any atom is -0.382 e. The van der Waals surface area contributed by atoms with Crippen LogP contribution in [0.25, 0.3) is 0 Å². The number of thiazole rings is 1. The molecule has 2 aromatic rings. The normalized spacial score (nSPS) is 14.4. The van der Waals surface area contributed by atoms with Crippen LogP contribution in [0.15, 0.2) is 12.4 Å². The zero-order valence-corrected chi connectivity index (χ0v) is 11.2. The molecule has 0 aliphatic heterocycles. The highest BCUT2D eigenvalue weighted by atomic mass is 32.1.